The van der Waals surface area contributed by atoms with Gasteiger partial charge < -0.3 is 5.32 Å². The van der Waals surface area contributed by atoms with Crippen molar-refractivity contribution in [3.8, 4) is 0 Å². The molecule has 2 heterocycles. The van der Waals surface area contributed by atoms with Crippen LogP contribution in [0.3, 0.4) is 0 Å². The van der Waals surface area contributed by atoms with Gasteiger partial charge in [0, 0.05) is 5.39 Å². The molecular formula is C11H9N5S. The highest BCUT2D eigenvalue weighted by Gasteiger charge is 2.05. The van der Waals surface area contributed by atoms with Crippen LogP contribution in [0.25, 0.3) is 10.9 Å². The third-order valence-electron chi connectivity index (χ3n) is 2.29. The molecule has 0 bridgehead atoms. The van der Waals surface area contributed by atoms with Crippen molar-refractivity contribution in [1.82, 2.24) is 20.2 Å². The van der Waals surface area contributed by atoms with Gasteiger partial charge in [0.2, 0.25) is 5.13 Å². The van der Waals surface area contributed by atoms with Gasteiger partial charge in [-0.05, 0) is 19.1 Å². The Kier molecular flexibility index (Phi) is 2.41. The maximum atomic E-state index is 4.23. The molecule has 0 aliphatic heterocycles. The highest BCUT2D eigenvalue weighted by molar-refractivity contribution is 7.15. The zero-order valence-electron chi connectivity index (χ0n) is 9.08. The van der Waals surface area contributed by atoms with Crippen LogP contribution in [-0.4, -0.2) is 20.2 Å². The molecular weight excluding hydrogens is 234 g/mol. The van der Waals surface area contributed by atoms with E-state index in [1.807, 2.05) is 31.2 Å². The quantitative estimate of drug-likeness (QED) is 0.749. The first kappa shape index (κ1) is 10.1. The van der Waals surface area contributed by atoms with E-state index in [9.17, 15) is 0 Å². The van der Waals surface area contributed by atoms with Gasteiger partial charge in [0.25, 0.3) is 0 Å². The molecule has 0 saturated carbocycles. The SMILES string of the molecule is Cc1nnc(Nc2ncnc3ccccc23)s1. The van der Waals surface area contributed by atoms with Crippen molar-refractivity contribution in [1.29, 1.82) is 0 Å². The molecule has 5 nitrogen and oxygen atoms in total. The molecule has 84 valence electrons. The van der Waals surface area contributed by atoms with Crippen LogP contribution in [-0.2, 0) is 0 Å². The molecule has 0 fully saturated rings. The summed E-state index contributed by atoms with van der Waals surface area (Å²) in [5.74, 6) is 0.756. The number of aryl methyl sites for hydroxylation is 1. The number of hydrogen-bond acceptors (Lipinski definition) is 6. The van der Waals surface area contributed by atoms with Crippen molar-refractivity contribution in [3.63, 3.8) is 0 Å². The monoisotopic (exact) mass is 243 g/mol. The number of benzene rings is 1. The molecule has 0 aliphatic carbocycles. The molecule has 0 aliphatic rings. The van der Waals surface area contributed by atoms with Gasteiger partial charge in [0.15, 0.2) is 0 Å². The van der Waals surface area contributed by atoms with Gasteiger partial charge in [-0.25, -0.2) is 9.97 Å². The van der Waals surface area contributed by atoms with Gasteiger partial charge in [-0.2, -0.15) is 0 Å². The first-order chi connectivity index (χ1) is 8.33. The van der Waals surface area contributed by atoms with Crippen molar-refractivity contribution >= 4 is 33.2 Å². The summed E-state index contributed by atoms with van der Waals surface area (Å²) in [4.78, 5) is 8.43. The van der Waals surface area contributed by atoms with Gasteiger partial charge in [0.1, 0.15) is 17.2 Å². The molecule has 0 spiro atoms. The molecule has 2 aromatic heterocycles. The summed E-state index contributed by atoms with van der Waals surface area (Å²) in [6, 6.07) is 7.84. The van der Waals surface area contributed by atoms with Crippen LogP contribution >= 0.6 is 11.3 Å². The smallest absolute Gasteiger partial charge is 0.211 e. The summed E-state index contributed by atoms with van der Waals surface area (Å²) < 4.78 is 0. The van der Waals surface area contributed by atoms with Crippen LogP contribution in [0.5, 0.6) is 0 Å². The Labute approximate surface area is 102 Å². The molecule has 3 aromatic rings. The van der Waals surface area contributed by atoms with E-state index >= 15 is 0 Å². The molecule has 1 aromatic carbocycles. The third kappa shape index (κ3) is 1.94. The number of para-hydroxylation sites is 1. The minimum absolute atomic E-state index is 0.742. The van der Waals surface area contributed by atoms with Crippen LogP contribution in [0, 0.1) is 6.92 Å². The van der Waals surface area contributed by atoms with Gasteiger partial charge in [0.05, 0.1) is 5.52 Å². The van der Waals surface area contributed by atoms with E-state index in [4.69, 9.17) is 0 Å². The van der Waals surface area contributed by atoms with Crippen molar-refractivity contribution in [2.24, 2.45) is 0 Å². The fraction of sp³-hybridized carbons (Fsp3) is 0.0909. The summed E-state index contributed by atoms with van der Waals surface area (Å²) in [7, 11) is 0. The molecule has 17 heavy (non-hydrogen) atoms. The molecule has 0 saturated heterocycles. The van der Waals surface area contributed by atoms with Gasteiger partial charge in [-0.3, -0.25) is 0 Å². The summed E-state index contributed by atoms with van der Waals surface area (Å²) in [6.07, 6.45) is 1.54. The van der Waals surface area contributed by atoms with E-state index in [2.05, 4.69) is 25.5 Å². The Morgan fingerprint density at radius 2 is 2.00 bits per heavy atom. The summed E-state index contributed by atoms with van der Waals surface area (Å²) in [5.41, 5.74) is 0.909. The van der Waals surface area contributed by atoms with Crippen LogP contribution in [0.4, 0.5) is 10.9 Å². The molecule has 0 unspecified atom stereocenters. The van der Waals surface area contributed by atoms with Crippen LogP contribution in [0.1, 0.15) is 5.01 Å². The fourth-order valence-electron chi connectivity index (χ4n) is 1.55. The predicted octanol–water partition coefficient (Wildman–Crippen LogP) is 2.53. The first-order valence-corrected chi connectivity index (χ1v) is 5.91. The third-order valence-corrected chi connectivity index (χ3v) is 3.05. The molecule has 0 amide bonds. The van der Waals surface area contributed by atoms with Crippen molar-refractivity contribution in [2.45, 2.75) is 6.92 Å². The van der Waals surface area contributed by atoms with E-state index < -0.39 is 0 Å². The Bertz CT molecular complexity index is 658. The van der Waals surface area contributed by atoms with E-state index in [1.165, 1.54) is 11.3 Å². The molecule has 3 rings (SSSR count). The maximum Gasteiger partial charge on any atom is 0.211 e. The Balaban J connectivity index is 2.05. The highest BCUT2D eigenvalue weighted by Crippen LogP contribution is 2.24. The average Bonchev–Trinajstić information content (AvgIpc) is 2.75. The van der Waals surface area contributed by atoms with Gasteiger partial charge in [-0.15, -0.1) is 10.2 Å². The van der Waals surface area contributed by atoms with E-state index in [0.29, 0.717) is 0 Å². The lowest BCUT2D eigenvalue weighted by atomic mass is 10.2. The second-order valence-corrected chi connectivity index (χ2v) is 4.67. The van der Waals surface area contributed by atoms with E-state index in [1.54, 1.807) is 6.33 Å². The van der Waals surface area contributed by atoms with Crippen molar-refractivity contribution in [2.75, 3.05) is 5.32 Å². The van der Waals surface area contributed by atoms with E-state index in [0.717, 1.165) is 26.9 Å². The van der Waals surface area contributed by atoms with Gasteiger partial charge >= 0.3 is 0 Å². The standard InChI is InChI=1S/C11H9N5S/c1-7-15-16-11(17-7)14-10-8-4-2-3-5-9(8)12-6-13-10/h2-6H,1H3,(H,12,13,14,16). The topological polar surface area (TPSA) is 63.6 Å². The zero-order valence-corrected chi connectivity index (χ0v) is 9.90. The minimum atomic E-state index is 0.742. The Morgan fingerprint density at radius 1 is 1.12 bits per heavy atom. The predicted molar refractivity (Wildman–Crippen MR) is 67.5 cm³/mol. The minimum Gasteiger partial charge on any atom is -0.314 e. The number of hydrogen-bond donors (Lipinski definition) is 1. The second-order valence-electron chi connectivity index (χ2n) is 3.49. The van der Waals surface area contributed by atoms with Crippen molar-refractivity contribution in [3.05, 3.63) is 35.6 Å². The molecule has 0 radical (unpaired) electrons. The number of nitrogens with one attached hydrogen (secondary N) is 1. The average molecular weight is 243 g/mol. The van der Waals surface area contributed by atoms with Crippen LogP contribution in [0.15, 0.2) is 30.6 Å². The largest absolute Gasteiger partial charge is 0.314 e. The normalized spacial score (nSPS) is 10.6. The lowest BCUT2D eigenvalue weighted by Crippen LogP contribution is -1.95. The zero-order chi connectivity index (χ0) is 11.7. The van der Waals surface area contributed by atoms with Crippen LogP contribution in [0.2, 0.25) is 0 Å². The number of rotatable bonds is 2. The number of nitrogens with zero attached hydrogens (tertiary/aromatic N) is 4. The lowest BCUT2D eigenvalue weighted by Gasteiger charge is -2.04. The molecule has 1 N–H and O–H groups in total. The number of anilines is 2. The molecule has 0 atom stereocenters. The van der Waals surface area contributed by atoms with Gasteiger partial charge in [-0.1, -0.05) is 23.5 Å². The van der Waals surface area contributed by atoms with E-state index in [-0.39, 0.29) is 0 Å². The Hall–Kier alpha value is -2.08. The maximum absolute atomic E-state index is 4.23. The fourth-order valence-corrected chi connectivity index (χ4v) is 2.14. The number of fused-ring (bicyclic) bond motifs is 1. The first-order valence-electron chi connectivity index (χ1n) is 5.10. The summed E-state index contributed by atoms with van der Waals surface area (Å²) in [6.45, 7) is 1.92. The van der Waals surface area contributed by atoms with Crippen molar-refractivity contribution < 1.29 is 0 Å². The Morgan fingerprint density at radius 3 is 2.82 bits per heavy atom. The summed E-state index contributed by atoms with van der Waals surface area (Å²) in [5, 5.41) is 13.8. The van der Waals surface area contributed by atoms with Crippen LogP contribution < -0.4 is 5.32 Å². The lowest BCUT2D eigenvalue weighted by molar-refractivity contribution is 1.05. The second kappa shape index (κ2) is 4.06. The highest BCUT2D eigenvalue weighted by atomic mass is 32.1. The molecule has 6 heteroatoms. The number of aromatic nitrogens is 4. The summed E-state index contributed by atoms with van der Waals surface area (Å²) >= 11 is 1.50.